The highest BCUT2D eigenvalue weighted by atomic mass is 15.1. The van der Waals surface area contributed by atoms with E-state index in [-0.39, 0.29) is 0 Å². The molecular formula is C51H32N4. The quantitative estimate of drug-likeness (QED) is 0.168. The largest absolute Gasteiger partial charge is 0.309 e. The maximum atomic E-state index is 5.31. The Hall–Kier alpha value is -7.43. The van der Waals surface area contributed by atoms with Gasteiger partial charge in [0.05, 0.1) is 33.1 Å². The average Bonchev–Trinajstić information content (AvgIpc) is 3.91. The fraction of sp³-hybridized carbons (Fsp3) is 0. The van der Waals surface area contributed by atoms with Crippen molar-refractivity contribution in [2.75, 3.05) is 0 Å². The zero-order valence-corrected chi connectivity index (χ0v) is 29.8. The molecule has 3 heterocycles. The van der Waals surface area contributed by atoms with Crippen LogP contribution in [-0.2, 0) is 0 Å². The molecule has 0 radical (unpaired) electrons. The molecule has 0 amide bonds. The predicted molar refractivity (Wildman–Crippen MR) is 230 cm³/mol. The fourth-order valence-corrected chi connectivity index (χ4v) is 9.00. The molecule has 12 rings (SSSR count). The Morgan fingerprint density at radius 2 is 0.855 bits per heavy atom. The van der Waals surface area contributed by atoms with Gasteiger partial charge in [-0.15, -0.1) is 0 Å². The van der Waals surface area contributed by atoms with Crippen LogP contribution in [0.15, 0.2) is 194 Å². The summed E-state index contributed by atoms with van der Waals surface area (Å²) in [5.74, 6) is 0.933. The number of hydrogen-bond acceptors (Lipinski definition) is 1. The minimum Gasteiger partial charge on any atom is -0.309 e. The summed E-state index contributed by atoms with van der Waals surface area (Å²) in [7, 11) is 0. The lowest BCUT2D eigenvalue weighted by Gasteiger charge is -2.14. The second-order valence-electron chi connectivity index (χ2n) is 14.4. The number of para-hydroxylation sites is 4. The first kappa shape index (κ1) is 30.1. The van der Waals surface area contributed by atoms with Gasteiger partial charge in [0.1, 0.15) is 5.82 Å². The van der Waals surface area contributed by atoms with E-state index in [1.807, 2.05) is 0 Å². The van der Waals surface area contributed by atoms with Gasteiger partial charge in [-0.3, -0.25) is 4.57 Å². The number of fused-ring (bicyclic) bond motifs is 11. The fourth-order valence-electron chi connectivity index (χ4n) is 9.00. The minimum atomic E-state index is 0.933. The minimum absolute atomic E-state index is 0.933. The molecule has 0 aliphatic rings. The Morgan fingerprint density at radius 1 is 0.327 bits per heavy atom. The van der Waals surface area contributed by atoms with Gasteiger partial charge in [0.15, 0.2) is 0 Å². The number of benzene rings is 9. The second-order valence-corrected chi connectivity index (χ2v) is 14.4. The molecule has 0 aliphatic carbocycles. The third-order valence-corrected chi connectivity index (χ3v) is 11.4. The molecule has 4 nitrogen and oxygen atoms in total. The van der Waals surface area contributed by atoms with Crippen LogP contribution in [-0.4, -0.2) is 18.7 Å². The molecule has 0 atom stereocenters. The predicted octanol–water partition coefficient (Wildman–Crippen LogP) is 13.2. The molecule has 0 saturated carbocycles. The van der Waals surface area contributed by atoms with Crippen molar-refractivity contribution in [3.63, 3.8) is 0 Å². The van der Waals surface area contributed by atoms with E-state index in [0.29, 0.717) is 0 Å². The Bertz CT molecular complexity index is 3460. The Balaban J connectivity index is 1.19. The van der Waals surface area contributed by atoms with E-state index in [2.05, 4.69) is 208 Å². The second kappa shape index (κ2) is 11.5. The molecule has 256 valence electrons. The number of rotatable bonds is 4. The van der Waals surface area contributed by atoms with Gasteiger partial charge in [-0.2, -0.15) is 0 Å². The van der Waals surface area contributed by atoms with E-state index < -0.39 is 0 Å². The topological polar surface area (TPSA) is 27.7 Å². The Morgan fingerprint density at radius 3 is 1.53 bits per heavy atom. The lowest BCUT2D eigenvalue weighted by molar-refractivity contribution is 1.11. The van der Waals surface area contributed by atoms with Crippen molar-refractivity contribution >= 4 is 76.2 Å². The summed E-state index contributed by atoms with van der Waals surface area (Å²) in [6.45, 7) is 0. The molecule has 0 aliphatic heterocycles. The molecule has 9 aromatic carbocycles. The first-order valence-electron chi connectivity index (χ1n) is 18.8. The van der Waals surface area contributed by atoms with Crippen LogP contribution >= 0.6 is 0 Å². The zero-order chi connectivity index (χ0) is 36.0. The van der Waals surface area contributed by atoms with Gasteiger partial charge < -0.3 is 9.13 Å². The smallest absolute Gasteiger partial charge is 0.145 e. The van der Waals surface area contributed by atoms with Crippen LogP contribution in [0.25, 0.3) is 105 Å². The highest BCUT2D eigenvalue weighted by Gasteiger charge is 2.21. The highest BCUT2D eigenvalue weighted by molar-refractivity contribution is 6.21. The van der Waals surface area contributed by atoms with Crippen LogP contribution in [0.1, 0.15) is 0 Å². The molecule has 3 aromatic heterocycles. The van der Waals surface area contributed by atoms with Gasteiger partial charge in [-0.1, -0.05) is 127 Å². The first-order valence-corrected chi connectivity index (χ1v) is 18.8. The van der Waals surface area contributed by atoms with Crippen molar-refractivity contribution in [3.05, 3.63) is 194 Å². The van der Waals surface area contributed by atoms with Gasteiger partial charge in [0.25, 0.3) is 0 Å². The number of hydrogen-bond donors (Lipinski definition) is 0. The van der Waals surface area contributed by atoms with E-state index in [1.165, 1.54) is 65.2 Å². The van der Waals surface area contributed by atoms with Crippen LogP contribution in [0.4, 0.5) is 0 Å². The number of imidazole rings is 1. The summed E-state index contributed by atoms with van der Waals surface area (Å²) in [4.78, 5) is 5.31. The third-order valence-electron chi connectivity index (χ3n) is 11.4. The lowest BCUT2D eigenvalue weighted by Crippen LogP contribution is -1.98. The summed E-state index contributed by atoms with van der Waals surface area (Å²) in [5, 5.41) is 9.77. The number of aromatic nitrogens is 4. The summed E-state index contributed by atoms with van der Waals surface area (Å²) in [5.41, 5.74) is 11.3. The van der Waals surface area contributed by atoms with E-state index >= 15 is 0 Å². The third kappa shape index (κ3) is 4.37. The average molecular weight is 701 g/mol. The van der Waals surface area contributed by atoms with Gasteiger partial charge in [-0.25, -0.2) is 4.98 Å². The van der Waals surface area contributed by atoms with E-state index in [0.717, 1.165) is 39.5 Å². The Labute approximate surface area is 316 Å². The van der Waals surface area contributed by atoms with Gasteiger partial charge in [0.2, 0.25) is 0 Å². The summed E-state index contributed by atoms with van der Waals surface area (Å²) in [6.07, 6.45) is 0. The highest BCUT2D eigenvalue weighted by Crippen LogP contribution is 2.42. The molecule has 55 heavy (non-hydrogen) atoms. The molecular weight excluding hydrogens is 669 g/mol. The van der Waals surface area contributed by atoms with Crippen LogP contribution < -0.4 is 0 Å². The lowest BCUT2D eigenvalue weighted by atomic mass is 9.99. The maximum Gasteiger partial charge on any atom is 0.145 e. The number of nitrogens with zero attached hydrogens (tertiary/aromatic N) is 4. The van der Waals surface area contributed by atoms with Crippen molar-refractivity contribution in [3.8, 4) is 28.5 Å². The standard InChI is InChI=1S/C51H32N4/c1-4-14-35(15-5-1)51-52-44-29-27-34-25-24-33-26-28-38(30-41(33)49(34)50(44)55(51)37-18-8-3-9-19-37)54-46-23-13-11-21-40(46)43-31-42-39-20-10-12-22-45(39)53(47(42)32-48(43)54)36-16-6-2-7-17-36/h1-32H. The van der Waals surface area contributed by atoms with Gasteiger partial charge >= 0.3 is 0 Å². The van der Waals surface area contributed by atoms with Gasteiger partial charge in [0, 0.05) is 49.6 Å². The molecule has 0 N–H and O–H groups in total. The maximum absolute atomic E-state index is 5.31. The molecule has 0 saturated heterocycles. The van der Waals surface area contributed by atoms with E-state index in [1.54, 1.807) is 0 Å². The normalized spacial score (nSPS) is 12.0. The van der Waals surface area contributed by atoms with Crippen LogP contribution in [0.3, 0.4) is 0 Å². The molecule has 0 fully saturated rings. The first-order chi connectivity index (χ1) is 27.3. The van der Waals surface area contributed by atoms with E-state index in [9.17, 15) is 0 Å². The van der Waals surface area contributed by atoms with Crippen molar-refractivity contribution in [1.82, 2.24) is 18.7 Å². The van der Waals surface area contributed by atoms with E-state index in [4.69, 9.17) is 4.98 Å². The van der Waals surface area contributed by atoms with Gasteiger partial charge in [-0.05, 0) is 82.9 Å². The van der Waals surface area contributed by atoms with Crippen LogP contribution in [0, 0.1) is 0 Å². The SMILES string of the molecule is c1ccc(-c2nc3ccc4ccc5ccc(-n6c7ccccc7c7cc8c9ccccc9n(-c9ccccc9)c8cc76)cc5c4c3n2-c2ccccc2)cc1. The van der Waals surface area contributed by atoms with Crippen LogP contribution in [0.5, 0.6) is 0 Å². The zero-order valence-electron chi connectivity index (χ0n) is 29.8. The summed E-state index contributed by atoms with van der Waals surface area (Å²) < 4.78 is 7.21. The van der Waals surface area contributed by atoms with Crippen molar-refractivity contribution < 1.29 is 0 Å². The summed E-state index contributed by atoms with van der Waals surface area (Å²) >= 11 is 0. The molecule has 12 aromatic rings. The summed E-state index contributed by atoms with van der Waals surface area (Å²) in [6, 6.07) is 70.1. The monoisotopic (exact) mass is 700 g/mol. The van der Waals surface area contributed by atoms with Crippen LogP contribution in [0.2, 0.25) is 0 Å². The van der Waals surface area contributed by atoms with Crippen molar-refractivity contribution in [2.45, 2.75) is 0 Å². The molecule has 0 spiro atoms. The van der Waals surface area contributed by atoms with Crippen molar-refractivity contribution in [1.29, 1.82) is 0 Å². The Kier molecular flexibility index (Phi) is 6.31. The molecule has 4 heteroatoms. The molecule has 0 bridgehead atoms. The molecule has 0 unspecified atom stereocenters. The van der Waals surface area contributed by atoms with Crippen molar-refractivity contribution in [2.24, 2.45) is 0 Å².